The maximum absolute atomic E-state index is 13.4. The Morgan fingerprint density at radius 2 is 1.56 bits per heavy atom. The minimum absolute atomic E-state index is 0.0728. The molecule has 0 aliphatic carbocycles. The average molecular weight is 461 g/mol. The highest BCUT2D eigenvalue weighted by atomic mass is 16.5. The lowest BCUT2D eigenvalue weighted by atomic mass is 9.95. The van der Waals surface area contributed by atoms with Gasteiger partial charge in [-0.3, -0.25) is 9.78 Å². The smallest absolute Gasteiger partial charge is 0.252 e. The molecule has 178 valence electrons. The molecule has 4 rings (SSSR count). The van der Waals surface area contributed by atoms with Gasteiger partial charge in [-0.15, -0.1) is 0 Å². The summed E-state index contributed by atoms with van der Waals surface area (Å²) < 4.78 is 16.5. The molecule has 0 aliphatic rings. The zero-order valence-corrected chi connectivity index (χ0v) is 20.6. The topological polar surface area (TPSA) is 73.4 Å². The number of pyridine rings is 2. The molecule has 4 aromatic rings. The van der Waals surface area contributed by atoms with Gasteiger partial charge in [0.15, 0.2) is 11.5 Å². The summed E-state index contributed by atoms with van der Waals surface area (Å²) in [5.74, 6) is 2.04. The third kappa shape index (κ3) is 4.45. The number of fused-ring (bicyclic) bond motifs is 2. The predicted octanol–water partition coefficient (Wildman–Crippen LogP) is 5.60. The van der Waals surface area contributed by atoms with E-state index in [0.717, 1.165) is 70.1 Å². The molecule has 2 aromatic heterocycles. The number of aromatic amines is 1. The molecule has 0 radical (unpaired) electrons. The first-order chi connectivity index (χ1) is 16.5. The number of methoxy groups -OCH3 is 3. The second-order valence-electron chi connectivity index (χ2n) is 8.49. The van der Waals surface area contributed by atoms with Gasteiger partial charge in [0.05, 0.1) is 26.8 Å². The van der Waals surface area contributed by atoms with Gasteiger partial charge in [-0.05, 0) is 60.2 Å². The lowest BCUT2D eigenvalue weighted by Crippen LogP contribution is -2.17. The van der Waals surface area contributed by atoms with Crippen LogP contribution < -0.4 is 19.8 Å². The van der Waals surface area contributed by atoms with Gasteiger partial charge in [-0.1, -0.05) is 26.7 Å². The largest absolute Gasteiger partial charge is 0.497 e. The van der Waals surface area contributed by atoms with Crippen LogP contribution >= 0.6 is 0 Å². The van der Waals surface area contributed by atoms with Crippen LogP contribution in [0.5, 0.6) is 17.2 Å². The Balaban J connectivity index is 1.94. The molecule has 0 unspecified atom stereocenters. The van der Waals surface area contributed by atoms with E-state index in [1.807, 2.05) is 30.3 Å². The first-order valence-corrected chi connectivity index (χ1v) is 11.8. The summed E-state index contributed by atoms with van der Waals surface area (Å²) in [6.07, 6.45) is 4.00. The summed E-state index contributed by atoms with van der Waals surface area (Å²) in [5.41, 5.74) is 4.55. The normalized spacial score (nSPS) is 11.2. The van der Waals surface area contributed by atoms with Crippen LogP contribution in [0, 0.1) is 0 Å². The Morgan fingerprint density at radius 1 is 0.853 bits per heavy atom. The van der Waals surface area contributed by atoms with E-state index in [2.05, 4.69) is 24.9 Å². The molecule has 2 heterocycles. The predicted molar refractivity (Wildman–Crippen MR) is 137 cm³/mol. The lowest BCUT2D eigenvalue weighted by Gasteiger charge is -2.16. The van der Waals surface area contributed by atoms with Crippen molar-refractivity contribution in [2.24, 2.45) is 0 Å². The van der Waals surface area contributed by atoms with E-state index < -0.39 is 0 Å². The van der Waals surface area contributed by atoms with E-state index in [4.69, 9.17) is 19.2 Å². The van der Waals surface area contributed by atoms with E-state index in [0.29, 0.717) is 23.5 Å². The Kier molecular flexibility index (Phi) is 7.06. The molecule has 0 aliphatic heterocycles. The van der Waals surface area contributed by atoms with Gasteiger partial charge in [-0.25, -0.2) is 0 Å². The van der Waals surface area contributed by atoms with E-state index >= 15 is 0 Å². The van der Waals surface area contributed by atoms with Crippen molar-refractivity contribution in [2.75, 3.05) is 21.3 Å². The third-order valence-corrected chi connectivity index (χ3v) is 6.26. The highest BCUT2D eigenvalue weighted by Gasteiger charge is 2.18. The summed E-state index contributed by atoms with van der Waals surface area (Å²) in [4.78, 5) is 21.4. The third-order valence-electron chi connectivity index (χ3n) is 6.26. The zero-order chi connectivity index (χ0) is 24.2. The van der Waals surface area contributed by atoms with Gasteiger partial charge in [0.1, 0.15) is 5.75 Å². The minimum atomic E-state index is -0.0728. The highest BCUT2D eigenvalue weighted by molar-refractivity contribution is 5.91. The number of benzene rings is 2. The summed E-state index contributed by atoms with van der Waals surface area (Å²) in [6.45, 7) is 4.24. The van der Waals surface area contributed by atoms with Crippen LogP contribution in [0.25, 0.3) is 21.7 Å². The van der Waals surface area contributed by atoms with Gasteiger partial charge >= 0.3 is 0 Å². The second-order valence-corrected chi connectivity index (χ2v) is 8.49. The molecule has 34 heavy (non-hydrogen) atoms. The number of nitrogens with zero attached hydrogens (tertiary/aromatic N) is 1. The molecule has 0 saturated heterocycles. The number of aryl methyl sites for hydroxylation is 2. The molecule has 0 fully saturated rings. The van der Waals surface area contributed by atoms with Crippen molar-refractivity contribution < 1.29 is 14.2 Å². The standard InChI is InChI=1S/C28H32N2O4/c1-6-8-23-18(12-17-13-19(32-3)10-11-24(17)29-23)14-22-20-15-26(33-4)27(34-5)16-21(20)25(9-7-2)30-28(22)31/h10-13,15-16H,6-9,14H2,1-5H3,(H,30,31). The Hall–Kier alpha value is -3.54. The molecular weight excluding hydrogens is 428 g/mol. The van der Waals surface area contributed by atoms with Crippen molar-refractivity contribution in [1.82, 2.24) is 9.97 Å². The van der Waals surface area contributed by atoms with Crippen molar-refractivity contribution in [3.63, 3.8) is 0 Å². The van der Waals surface area contributed by atoms with Crippen molar-refractivity contribution in [3.8, 4) is 17.2 Å². The second kappa shape index (κ2) is 10.2. The average Bonchev–Trinajstić information content (AvgIpc) is 2.85. The van der Waals surface area contributed by atoms with Gasteiger partial charge < -0.3 is 19.2 Å². The van der Waals surface area contributed by atoms with Gasteiger partial charge in [0.25, 0.3) is 5.56 Å². The van der Waals surface area contributed by atoms with Crippen LogP contribution in [0.2, 0.25) is 0 Å². The van der Waals surface area contributed by atoms with Crippen LogP contribution in [0.15, 0.2) is 41.2 Å². The Morgan fingerprint density at radius 3 is 2.21 bits per heavy atom. The van der Waals surface area contributed by atoms with Crippen molar-refractivity contribution in [3.05, 3.63) is 69.3 Å². The van der Waals surface area contributed by atoms with Crippen LogP contribution in [-0.2, 0) is 19.3 Å². The van der Waals surface area contributed by atoms with E-state index in [1.165, 1.54) is 0 Å². The number of ether oxygens (including phenoxy) is 3. The summed E-state index contributed by atoms with van der Waals surface area (Å²) in [5, 5.41) is 2.87. The fraction of sp³-hybridized carbons (Fsp3) is 0.357. The number of rotatable bonds is 9. The number of nitrogens with one attached hydrogen (secondary N) is 1. The maximum atomic E-state index is 13.4. The molecule has 0 spiro atoms. The van der Waals surface area contributed by atoms with Crippen molar-refractivity contribution in [1.29, 1.82) is 0 Å². The lowest BCUT2D eigenvalue weighted by molar-refractivity contribution is 0.356. The number of hydrogen-bond acceptors (Lipinski definition) is 5. The SMILES string of the molecule is CCCc1nc2ccc(OC)cc2cc1Cc1c(=O)[nH]c(CCC)c2cc(OC)c(OC)cc12. The first-order valence-electron chi connectivity index (χ1n) is 11.8. The fourth-order valence-electron chi connectivity index (χ4n) is 4.57. The molecule has 0 atom stereocenters. The van der Waals surface area contributed by atoms with Crippen LogP contribution in [0.3, 0.4) is 0 Å². The van der Waals surface area contributed by atoms with E-state index in [-0.39, 0.29) is 5.56 Å². The van der Waals surface area contributed by atoms with Gasteiger partial charge in [-0.2, -0.15) is 0 Å². The molecule has 1 N–H and O–H groups in total. The number of hydrogen-bond donors (Lipinski definition) is 1. The van der Waals surface area contributed by atoms with Crippen LogP contribution in [0.1, 0.15) is 49.2 Å². The molecule has 0 amide bonds. The molecule has 0 bridgehead atoms. The zero-order valence-electron chi connectivity index (χ0n) is 20.6. The van der Waals surface area contributed by atoms with E-state index in [9.17, 15) is 4.79 Å². The molecule has 0 saturated carbocycles. The van der Waals surface area contributed by atoms with Crippen LogP contribution in [-0.4, -0.2) is 31.3 Å². The molecule has 6 nitrogen and oxygen atoms in total. The summed E-state index contributed by atoms with van der Waals surface area (Å²) in [7, 11) is 4.90. The molecule has 6 heteroatoms. The Bertz CT molecular complexity index is 1390. The highest BCUT2D eigenvalue weighted by Crippen LogP contribution is 2.35. The summed E-state index contributed by atoms with van der Waals surface area (Å²) >= 11 is 0. The molecular formula is C28H32N2O4. The first kappa shape index (κ1) is 23.6. The molecule has 2 aromatic carbocycles. The Labute approximate surface area is 199 Å². The van der Waals surface area contributed by atoms with Crippen LogP contribution in [0.4, 0.5) is 0 Å². The fourth-order valence-corrected chi connectivity index (χ4v) is 4.57. The number of aromatic nitrogens is 2. The van der Waals surface area contributed by atoms with Gasteiger partial charge in [0.2, 0.25) is 0 Å². The van der Waals surface area contributed by atoms with Crippen molar-refractivity contribution >= 4 is 21.7 Å². The van der Waals surface area contributed by atoms with Crippen molar-refractivity contribution in [2.45, 2.75) is 46.0 Å². The van der Waals surface area contributed by atoms with Gasteiger partial charge in [0, 0.05) is 34.1 Å². The van der Waals surface area contributed by atoms with E-state index in [1.54, 1.807) is 21.3 Å². The quantitative estimate of drug-likeness (QED) is 0.352. The summed E-state index contributed by atoms with van der Waals surface area (Å²) in [6, 6.07) is 11.9. The number of H-pyrrole nitrogens is 1. The monoisotopic (exact) mass is 460 g/mol. The maximum Gasteiger partial charge on any atom is 0.252 e. The minimum Gasteiger partial charge on any atom is -0.497 e.